The summed E-state index contributed by atoms with van der Waals surface area (Å²) in [6.07, 6.45) is 3.12. The van der Waals surface area contributed by atoms with Crippen molar-refractivity contribution in [2.75, 3.05) is 53.9 Å². The van der Waals surface area contributed by atoms with Crippen molar-refractivity contribution in [3.63, 3.8) is 0 Å². The van der Waals surface area contributed by atoms with Gasteiger partial charge in [0, 0.05) is 13.1 Å². The van der Waals surface area contributed by atoms with E-state index in [-0.39, 0.29) is 12.0 Å². The maximum Gasteiger partial charge on any atom is 0.322 e. The molecular formula is C15H31N3O2. The van der Waals surface area contributed by atoms with Gasteiger partial charge in [-0.2, -0.15) is 0 Å². The van der Waals surface area contributed by atoms with Crippen LogP contribution >= 0.6 is 0 Å². The standard InChI is InChI=1S/C15H31N3O2/c1-5-8-16-14(15(19)20-4)7-10-18(3)12-13-6-9-17(2)11-13/h13-14,16H,5-12H2,1-4H3. The number of nitrogens with zero attached hydrogens (tertiary/aromatic N) is 2. The fraction of sp³-hybridized carbons (Fsp3) is 0.933. The minimum atomic E-state index is -0.173. The molecule has 1 N–H and O–H groups in total. The first-order valence-electron chi connectivity index (χ1n) is 7.75. The largest absolute Gasteiger partial charge is 0.468 e. The Hall–Kier alpha value is -0.650. The van der Waals surface area contributed by atoms with E-state index in [1.807, 2.05) is 0 Å². The highest BCUT2D eigenvalue weighted by molar-refractivity contribution is 5.75. The van der Waals surface area contributed by atoms with Gasteiger partial charge in [0.2, 0.25) is 0 Å². The molecule has 0 saturated carbocycles. The average molecular weight is 285 g/mol. The van der Waals surface area contributed by atoms with Gasteiger partial charge in [-0.15, -0.1) is 0 Å². The van der Waals surface area contributed by atoms with Crippen molar-refractivity contribution >= 4 is 5.97 Å². The Labute approximate surface area is 123 Å². The number of likely N-dealkylation sites (tertiary alicyclic amines) is 1. The summed E-state index contributed by atoms with van der Waals surface area (Å²) in [4.78, 5) is 16.4. The average Bonchev–Trinajstić information content (AvgIpc) is 2.83. The zero-order valence-corrected chi connectivity index (χ0v) is 13.5. The van der Waals surface area contributed by atoms with E-state index in [0.717, 1.165) is 38.4 Å². The minimum absolute atomic E-state index is 0.146. The number of nitrogens with one attached hydrogen (secondary N) is 1. The highest BCUT2D eigenvalue weighted by Gasteiger charge is 2.22. The van der Waals surface area contributed by atoms with E-state index < -0.39 is 0 Å². The zero-order chi connectivity index (χ0) is 15.0. The number of hydrogen-bond donors (Lipinski definition) is 1. The van der Waals surface area contributed by atoms with Crippen LogP contribution in [0.3, 0.4) is 0 Å². The second-order valence-corrected chi connectivity index (χ2v) is 6.00. The molecule has 1 fully saturated rings. The summed E-state index contributed by atoms with van der Waals surface area (Å²) in [6, 6.07) is -0.173. The molecule has 1 rings (SSSR count). The number of esters is 1. The molecule has 2 atom stereocenters. The van der Waals surface area contributed by atoms with Gasteiger partial charge in [0.1, 0.15) is 6.04 Å². The summed E-state index contributed by atoms with van der Waals surface area (Å²) in [6.45, 7) is 7.41. The Balaban J connectivity index is 2.28. The van der Waals surface area contributed by atoms with E-state index in [0.29, 0.717) is 0 Å². The molecular weight excluding hydrogens is 254 g/mol. The molecule has 118 valence electrons. The fourth-order valence-corrected chi connectivity index (χ4v) is 2.82. The number of ether oxygens (including phenoxy) is 1. The van der Waals surface area contributed by atoms with Gasteiger partial charge in [0.05, 0.1) is 7.11 Å². The number of methoxy groups -OCH3 is 1. The van der Waals surface area contributed by atoms with Crippen LogP contribution in [0.25, 0.3) is 0 Å². The van der Waals surface area contributed by atoms with E-state index in [4.69, 9.17) is 4.74 Å². The van der Waals surface area contributed by atoms with Crippen LogP contribution in [0.15, 0.2) is 0 Å². The predicted octanol–water partition coefficient (Wildman–Crippen LogP) is 0.801. The molecule has 5 heteroatoms. The first-order valence-corrected chi connectivity index (χ1v) is 7.75. The van der Waals surface area contributed by atoms with Crippen LogP contribution in [0.4, 0.5) is 0 Å². The van der Waals surface area contributed by atoms with Crippen LogP contribution in [0, 0.1) is 5.92 Å². The molecule has 0 bridgehead atoms. The summed E-state index contributed by atoms with van der Waals surface area (Å²) < 4.78 is 4.86. The third-order valence-electron chi connectivity index (χ3n) is 3.98. The van der Waals surface area contributed by atoms with E-state index in [9.17, 15) is 4.79 Å². The third kappa shape index (κ3) is 6.20. The molecule has 20 heavy (non-hydrogen) atoms. The van der Waals surface area contributed by atoms with Crippen molar-refractivity contribution in [2.45, 2.75) is 32.2 Å². The SMILES string of the molecule is CCCNC(CCN(C)CC1CCN(C)C1)C(=O)OC. The predicted molar refractivity (Wildman–Crippen MR) is 81.8 cm³/mol. The summed E-state index contributed by atoms with van der Waals surface area (Å²) >= 11 is 0. The van der Waals surface area contributed by atoms with E-state index in [1.54, 1.807) is 0 Å². The second kappa shape index (κ2) is 9.32. The van der Waals surface area contributed by atoms with Crippen LogP contribution in [-0.4, -0.2) is 75.7 Å². The Morgan fingerprint density at radius 3 is 2.85 bits per heavy atom. The molecule has 0 radical (unpaired) electrons. The molecule has 0 spiro atoms. The van der Waals surface area contributed by atoms with Gasteiger partial charge in [0.25, 0.3) is 0 Å². The van der Waals surface area contributed by atoms with Gasteiger partial charge in [-0.1, -0.05) is 6.92 Å². The van der Waals surface area contributed by atoms with Crippen molar-refractivity contribution in [2.24, 2.45) is 5.92 Å². The maximum atomic E-state index is 11.7. The lowest BCUT2D eigenvalue weighted by atomic mass is 10.1. The van der Waals surface area contributed by atoms with Crippen LogP contribution in [0.1, 0.15) is 26.2 Å². The summed E-state index contributed by atoms with van der Waals surface area (Å²) in [7, 11) is 5.79. The van der Waals surface area contributed by atoms with Crippen molar-refractivity contribution in [3.05, 3.63) is 0 Å². The highest BCUT2D eigenvalue weighted by atomic mass is 16.5. The van der Waals surface area contributed by atoms with E-state index in [1.165, 1.54) is 26.6 Å². The molecule has 0 amide bonds. The van der Waals surface area contributed by atoms with E-state index >= 15 is 0 Å². The third-order valence-corrected chi connectivity index (χ3v) is 3.98. The minimum Gasteiger partial charge on any atom is -0.468 e. The van der Waals surface area contributed by atoms with Crippen molar-refractivity contribution in [3.8, 4) is 0 Å². The molecule has 2 unspecified atom stereocenters. The van der Waals surface area contributed by atoms with Crippen LogP contribution < -0.4 is 5.32 Å². The van der Waals surface area contributed by atoms with Gasteiger partial charge in [-0.25, -0.2) is 0 Å². The first kappa shape index (κ1) is 17.4. The topological polar surface area (TPSA) is 44.8 Å². The van der Waals surface area contributed by atoms with Crippen LogP contribution in [0.5, 0.6) is 0 Å². The lowest BCUT2D eigenvalue weighted by molar-refractivity contribution is -0.143. The quantitative estimate of drug-likeness (QED) is 0.635. The molecule has 1 heterocycles. The van der Waals surface area contributed by atoms with Gasteiger partial charge in [-0.05, 0) is 58.9 Å². The summed E-state index contributed by atoms with van der Waals surface area (Å²) in [5, 5.41) is 3.27. The lowest BCUT2D eigenvalue weighted by Gasteiger charge is -2.23. The number of carbonyl (C=O) groups is 1. The number of hydrogen-bond acceptors (Lipinski definition) is 5. The smallest absolute Gasteiger partial charge is 0.322 e. The Morgan fingerprint density at radius 1 is 1.55 bits per heavy atom. The Morgan fingerprint density at radius 2 is 2.30 bits per heavy atom. The summed E-state index contributed by atoms with van der Waals surface area (Å²) in [5.74, 6) is 0.623. The monoisotopic (exact) mass is 285 g/mol. The molecule has 5 nitrogen and oxygen atoms in total. The molecule has 0 aromatic rings. The van der Waals surface area contributed by atoms with Crippen LogP contribution in [-0.2, 0) is 9.53 Å². The Kier molecular flexibility index (Phi) is 8.11. The molecule has 0 aliphatic carbocycles. The van der Waals surface area contributed by atoms with Gasteiger partial charge in [-0.3, -0.25) is 4.79 Å². The molecule has 1 aliphatic heterocycles. The Bertz CT molecular complexity index is 286. The van der Waals surface area contributed by atoms with Gasteiger partial charge in [0.15, 0.2) is 0 Å². The van der Waals surface area contributed by atoms with Crippen LogP contribution in [0.2, 0.25) is 0 Å². The van der Waals surface area contributed by atoms with Gasteiger partial charge >= 0.3 is 5.97 Å². The highest BCUT2D eigenvalue weighted by Crippen LogP contribution is 2.15. The first-order chi connectivity index (χ1) is 9.56. The number of carbonyl (C=O) groups excluding carboxylic acids is 1. The normalized spacial score (nSPS) is 21.4. The number of rotatable bonds is 9. The van der Waals surface area contributed by atoms with Crippen molar-refractivity contribution < 1.29 is 9.53 Å². The molecule has 1 aliphatic rings. The van der Waals surface area contributed by atoms with E-state index in [2.05, 4.69) is 36.1 Å². The fourth-order valence-electron chi connectivity index (χ4n) is 2.82. The molecule has 1 saturated heterocycles. The van der Waals surface area contributed by atoms with Crippen molar-refractivity contribution in [1.29, 1.82) is 0 Å². The maximum absolute atomic E-state index is 11.7. The summed E-state index contributed by atoms with van der Waals surface area (Å²) in [5.41, 5.74) is 0. The molecule has 0 aromatic carbocycles. The van der Waals surface area contributed by atoms with Gasteiger partial charge < -0.3 is 19.9 Å². The zero-order valence-electron chi connectivity index (χ0n) is 13.5. The lowest BCUT2D eigenvalue weighted by Crippen LogP contribution is -2.41. The molecule has 0 aromatic heterocycles. The van der Waals surface area contributed by atoms with Crippen molar-refractivity contribution in [1.82, 2.24) is 15.1 Å². The second-order valence-electron chi connectivity index (χ2n) is 6.00.